The van der Waals surface area contributed by atoms with Crippen molar-refractivity contribution in [3.05, 3.63) is 34.9 Å². The summed E-state index contributed by atoms with van der Waals surface area (Å²) in [6, 6.07) is 8.09. The quantitative estimate of drug-likeness (QED) is 0.744. The molecule has 1 aliphatic rings. The molecule has 2 nitrogen and oxygen atoms in total. The topological polar surface area (TPSA) is 24.1 Å². The van der Waals surface area contributed by atoms with Gasteiger partial charge in [-0.15, -0.1) is 0 Å². The Morgan fingerprint density at radius 2 is 2.00 bits per heavy atom. The number of halogens is 1. The molecule has 1 aromatic rings. The maximum absolute atomic E-state index is 5.82. The molecule has 0 unspecified atom stereocenters. The maximum atomic E-state index is 5.82. The third kappa shape index (κ3) is 3.49. The zero-order valence-electron chi connectivity index (χ0n) is 8.80. The van der Waals surface area contributed by atoms with Gasteiger partial charge < -0.3 is 10.6 Å². The first-order valence-corrected chi connectivity index (χ1v) is 5.88. The molecular weight excluding hydrogens is 208 g/mol. The van der Waals surface area contributed by atoms with Crippen molar-refractivity contribution in [2.75, 3.05) is 26.2 Å². The summed E-state index contributed by atoms with van der Waals surface area (Å²) in [6.07, 6.45) is 1.08. The van der Waals surface area contributed by atoms with Gasteiger partial charge >= 0.3 is 0 Å². The third-order valence-corrected chi connectivity index (χ3v) is 3.05. The molecule has 0 bridgehead atoms. The molecule has 2 rings (SSSR count). The highest BCUT2D eigenvalue weighted by molar-refractivity contribution is 6.30. The van der Waals surface area contributed by atoms with E-state index in [1.165, 1.54) is 18.7 Å². The summed E-state index contributed by atoms with van der Waals surface area (Å²) in [4.78, 5) is 0. The van der Waals surface area contributed by atoms with Gasteiger partial charge in [-0.25, -0.2) is 0 Å². The van der Waals surface area contributed by atoms with Gasteiger partial charge in [0.1, 0.15) is 0 Å². The lowest BCUT2D eigenvalue weighted by Crippen LogP contribution is -2.47. The molecule has 2 N–H and O–H groups in total. The van der Waals surface area contributed by atoms with Crippen LogP contribution in [0.3, 0.4) is 0 Å². The number of hydrogen-bond acceptors (Lipinski definition) is 2. The van der Waals surface area contributed by atoms with Crippen LogP contribution < -0.4 is 10.6 Å². The van der Waals surface area contributed by atoms with Crippen LogP contribution in [-0.4, -0.2) is 26.2 Å². The Bertz CT molecular complexity index is 293. The molecule has 1 fully saturated rings. The lowest BCUT2D eigenvalue weighted by atomic mass is 10.0. The summed E-state index contributed by atoms with van der Waals surface area (Å²) < 4.78 is 0. The summed E-state index contributed by atoms with van der Waals surface area (Å²) in [6.45, 7) is 4.54. The summed E-state index contributed by atoms with van der Waals surface area (Å²) in [5.74, 6) is 0.843. The van der Waals surface area contributed by atoms with Crippen molar-refractivity contribution in [3.8, 4) is 0 Å². The Hall–Kier alpha value is -0.570. The second kappa shape index (κ2) is 5.50. The molecule has 0 aromatic heterocycles. The molecule has 0 radical (unpaired) electrons. The van der Waals surface area contributed by atoms with Gasteiger partial charge in [0.15, 0.2) is 0 Å². The first-order chi connectivity index (χ1) is 7.34. The molecule has 1 aliphatic heterocycles. The highest BCUT2D eigenvalue weighted by Gasteiger charge is 2.14. The summed E-state index contributed by atoms with van der Waals surface area (Å²) >= 11 is 5.82. The third-order valence-electron chi connectivity index (χ3n) is 2.80. The highest BCUT2D eigenvalue weighted by atomic mass is 35.5. The van der Waals surface area contributed by atoms with Crippen molar-refractivity contribution in [1.82, 2.24) is 10.6 Å². The lowest BCUT2D eigenvalue weighted by Gasteiger charge is -2.27. The number of rotatable bonds is 5. The van der Waals surface area contributed by atoms with Gasteiger partial charge in [0.05, 0.1) is 0 Å². The summed E-state index contributed by atoms with van der Waals surface area (Å²) in [5.41, 5.74) is 1.35. The molecule has 1 aromatic carbocycles. The van der Waals surface area contributed by atoms with Gasteiger partial charge in [-0.1, -0.05) is 23.7 Å². The molecule has 1 heterocycles. The Balaban J connectivity index is 1.62. The normalized spacial score (nSPS) is 16.3. The van der Waals surface area contributed by atoms with Crippen LogP contribution >= 0.6 is 11.6 Å². The van der Waals surface area contributed by atoms with E-state index in [9.17, 15) is 0 Å². The minimum absolute atomic E-state index is 0.812. The fourth-order valence-electron chi connectivity index (χ4n) is 1.68. The van der Waals surface area contributed by atoms with E-state index in [1.54, 1.807) is 0 Å². The fraction of sp³-hybridized carbons (Fsp3) is 0.500. The first kappa shape index (κ1) is 10.9. The second-order valence-corrected chi connectivity index (χ2v) is 4.54. The van der Waals surface area contributed by atoms with E-state index in [-0.39, 0.29) is 0 Å². The molecule has 3 heteroatoms. The van der Waals surface area contributed by atoms with Crippen LogP contribution in [0.2, 0.25) is 5.02 Å². The van der Waals surface area contributed by atoms with Crippen LogP contribution in [-0.2, 0) is 6.42 Å². The van der Waals surface area contributed by atoms with E-state index in [2.05, 4.69) is 22.8 Å². The van der Waals surface area contributed by atoms with Crippen LogP contribution in [0.5, 0.6) is 0 Å². The molecule has 82 valence electrons. The largest absolute Gasteiger partial charge is 0.316 e. The van der Waals surface area contributed by atoms with E-state index in [0.29, 0.717) is 0 Å². The fourth-order valence-corrected chi connectivity index (χ4v) is 1.81. The van der Waals surface area contributed by atoms with Gasteiger partial charge in [-0.05, 0) is 36.6 Å². The molecule has 0 atom stereocenters. The lowest BCUT2D eigenvalue weighted by molar-refractivity contribution is 0.333. The van der Waals surface area contributed by atoms with Gasteiger partial charge in [0.2, 0.25) is 0 Å². The Morgan fingerprint density at radius 1 is 1.27 bits per heavy atom. The SMILES string of the molecule is Clc1ccc(CCNCC2CNC2)cc1. The monoisotopic (exact) mass is 224 g/mol. The van der Waals surface area contributed by atoms with Crippen molar-refractivity contribution in [2.24, 2.45) is 5.92 Å². The van der Waals surface area contributed by atoms with E-state index in [1.807, 2.05) is 12.1 Å². The van der Waals surface area contributed by atoms with E-state index in [0.717, 1.165) is 30.5 Å². The van der Waals surface area contributed by atoms with E-state index in [4.69, 9.17) is 11.6 Å². The predicted molar refractivity (Wildman–Crippen MR) is 64.4 cm³/mol. The minimum atomic E-state index is 0.812. The molecule has 0 saturated carbocycles. The molecule has 15 heavy (non-hydrogen) atoms. The molecule has 0 spiro atoms. The van der Waals surface area contributed by atoms with Gasteiger partial charge in [-0.2, -0.15) is 0 Å². The van der Waals surface area contributed by atoms with E-state index >= 15 is 0 Å². The zero-order chi connectivity index (χ0) is 10.5. The number of benzene rings is 1. The predicted octanol–water partition coefficient (Wildman–Crippen LogP) is 1.69. The summed E-state index contributed by atoms with van der Waals surface area (Å²) in [7, 11) is 0. The van der Waals surface area contributed by atoms with E-state index < -0.39 is 0 Å². The minimum Gasteiger partial charge on any atom is -0.316 e. The molecule has 1 saturated heterocycles. The molecule has 0 aliphatic carbocycles. The van der Waals surface area contributed by atoms with Crippen LogP contribution in [0.15, 0.2) is 24.3 Å². The van der Waals surface area contributed by atoms with Crippen molar-refractivity contribution in [2.45, 2.75) is 6.42 Å². The maximum Gasteiger partial charge on any atom is 0.0406 e. The van der Waals surface area contributed by atoms with Gasteiger partial charge in [-0.3, -0.25) is 0 Å². The standard InChI is InChI=1S/C12H17ClN2/c13-12-3-1-10(2-4-12)5-6-14-7-11-8-15-9-11/h1-4,11,14-15H,5-9H2. The molecular formula is C12H17ClN2. The molecule has 0 amide bonds. The van der Waals surface area contributed by atoms with Crippen LogP contribution in [0.1, 0.15) is 5.56 Å². The number of nitrogens with one attached hydrogen (secondary N) is 2. The summed E-state index contributed by atoms with van der Waals surface area (Å²) in [5, 5.41) is 7.56. The van der Waals surface area contributed by atoms with Crippen LogP contribution in [0.25, 0.3) is 0 Å². The smallest absolute Gasteiger partial charge is 0.0406 e. The number of hydrogen-bond donors (Lipinski definition) is 2. The Labute approximate surface area is 96.0 Å². The van der Waals surface area contributed by atoms with Crippen LogP contribution in [0.4, 0.5) is 0 Å². The Morgan fingerprint density at radius 3 is 2.60 bits per heavy atom. The average Bonchev–Trinajstić information content (AvgIpc) is 2.18. The zero-order valence-corrected chi connectivity index (χ0v) is 9.56. The highest BCUT2D eigenvalue weighted by Crippen LogP contribution is 2.09. The van der Waals surface area contributed by atoms with Crippen molar-refractivity contribution in [3.63, 3.8) is 0 Å². The first-order valence-electron chi connectivity index (χ1n) is 5.50. The van der Waals surface area contributed by atoms with Crippen molar-refractivity contribution in [1.29, 1.82) is 0 Å². The van der Waals surface area contributed by atoms with Gasteiger partial charge in [0.25, 0.3) is 0 Å². The second-order valence-electron chi connectivity index (χ2n) is 4.10. The average molecular weight is 225 g/mol. The van der Waals surface area contributed by atoms with Gasteiger partial charge in [0, 0.05) is 24.7 Å². The van der Waals surface area contributed by atoms with Crippen molar-refractivity contribution >= 4 is 11.6 Å². The van der Waals surface area contributed by atoms with Crippen molar-refractivity contribution < 1.29 is 0 Å². The van der Waals surface area contributed by atoms with Crippen LogP contribution in [0, 0.1) is 5.92 Å². The Kier molecular flexibility index (Phi) is 4.01.